The number of hydrogen-bond donors (Lipinski definition) is 0. The number of rotatable bonds is 12. The summed E-state index contributed by atoms with van der Waals surface area (Å²) < 4.78 is 0. The molecule has 0 aromatic heterocycles. The predicted molar refractivity (Wildman–Crippen MR) is 160 cm³/mol. The maximum Gasteiger partial charge on any atom is 2.00 e. The summed E-state index contributed by atoms with van der Waals surface area (Å²) in [5.74, 6) is 0. The van der Waals surface area contributed by atoms with Gasteiger partial charge in [-0.3, -0.25) is 24.3 Å². The van der Waals surface area contributed by atoms with Gasteiger partial charge in [-0.1, -0.05) is 105 Å². The Hall–Kier alpha value is -0.454. The molecule has 0 heterocycles. The van der Waals surface area contributed by atoms with E-state index in [4.69, 9.17) is 0 Å². The third-order valence-electron chi connectivity index (χ3n) is 6.26. The van der Waals surface area contributed by atoms with Crippen molar-refractivity contribution >= 4 is 0 Å². The van der Waals surface area contributed by atoms with E-state index in [1.54, 1.807) is 0 Å². The molecule has 0 N–H and O–H groups in total. The molecule has 0 aliphatic heterocycles. The van der Waals surface area contributed by atoms with Crippen LogP contribution in [0.25, 0.3) is 0 Å². The maximum absolute atomic E-state index is 3.30. The Bertz CT molecular complexity index is 675. The van der Waals surface area contributed by atoms with Crippen LogP contribution in [0.4, 0.5) is 0 Å². The first-order valence-corrected chi connectivity index (χ1v) is 14.8. The summed E-state index contributed by atoms with van der Waals surface area (Å²) in [6.45, 7) is 8.89. The summed E-state index contributed by atoms with van der Waals surface area (Å²) in [6.07, 6.45) is 50.1. The zero-order valence-corrected chi connectivity index (χ0v) is 30.6. The van der Waals surface area contributed by atoms with E-state index in [-0.39, 0.29) is 61.8 Å². The van der Waals surface area contributed by atoms with Crippen LogP contribution < -0.4 is 9.41 Å². The maximum atomic E-state index is 3.30. The van der Waals surface area contributed by atoms with Crippen LogP contribution in [0.2, 0.25) is 0 Å². The van der Waals surface area contributed by atoms with Gasteiger partial charge in [-0.25, -0.2) is 46.6 Å². The van der Waals surface area contributed by atoms with E-state index in [0.717, 1.165) is 25.7 Å². The largest absolute Gasteiger partial charge is 2.00 e. The van der Waals surface area contributed by atoms with E-state index in [2.05, 4.69) is 101 Å². The minimum atomic E-state index is 0. The van der Waals surface area contributed by atoms with Crippen LogP contribution in [0.15, 0.2) is 70.9 Å². The van der Waals surface area contributed by atoms with Crippen molar-refractivity contribution < 1.29 is 61.8 Å². The molecule has 40 heavy (non-hydrogen) atoms. The molecule has 4 aliphatic carbocycles. The molecule has 220 valence electrons. The molecule has 0 atom stereocenters. The molecule has 0 amide bonds. The van der Waals surface area contributed by atoms with Crippen LogP contribution in [0, 0.1) is 24.3 Å². The van der Waals surface area contributed by atoms with Gasteiger partial charge >= 0.3 is 52.4 Å². The van der Waals surface area contributed by atoms with Gasteiger partial charge in [-0.15, -0.1) is 25.7 Å². The summed E-state index contributed by atoms with van der Waals surface area (Å²) in [4.78, 5) is 0. The quantitative estimate of drug-likeness (QED) is 0.237. The first kappa shape index (κ1) is 46.5. The number of unbranched alkanes of at least 4 members (excludes halogenated alkanes) is 4. The second-order valence-corrected chi connectivity index (χ2v) is 9.65. The Morgan fingerprint density at radius 3 is 0.750 bits per heavy atom. The minimum Gasteiger partial charge on any atom is -1.00 e. The topological polar surface area (TPSA) is 0 Å². The van der Waals surface area contributed by atoms with Crippen molar-refractivity contribution in [2.75, 3.05) is 0 Å². The standard InChI is InChI=1S/4C9H13.2FH.2Zr/c4*1-2-3-6-9-7-4-5-8-9;;;;/h4*4,7H,2-3,5-6H2,1H3;2*1H;;/q4*-1;;;2*+2/p-2. The van der Waals surface area contributed by atoms with Gasteiger partial charge in [0.2, 0.25) is 0 Å². The Kier molecular flexibility index (Phi) is 40.4. The number of halogens is 2. The molecule has 0 bridgehead atoms. The Morgan fingerprint density at radius 1 is 0.425 bits per heavy atom. The smallest absolute Gasteiger partial charge is 1.00 e. The third-order valence-corrected chi connectivity index (χ3v) is 6.26. The van der Waals surface area contributed by atoms with Crippen LogP contribution in [-0.4, -0.2) is 0 Å². The van der Waals surface area contributed by atoms with Crippen molar-refractivity contribution in [3.05, 3.63) is 95.2 Å². The van der Waals surface area contributed by atoms with E-state index in [1.165, 1.54) is 99.3 Å². The van der Waals surface area contributed by atoms with Gasteiger partial charge in [0.05, 0.1) is 0 Å². The Labute approximate surface area is 285 Å². The molecule has 0 nitrogen and oxygen atoms in total. The zero-order valence-electron chi connectivity index (χ0n) is 25.7. The summed E-state index contributed by atoms with van der Waals surface area (Å²) in [7, 11) is 0. The van der Waals surface area contributed by atoms with Gasteiger partial charge in [-0.05, 0) is 0 Å². The van der Waals surface area contributed by atoms with E-state index >= 15 is 0 Å². The van der Waals surface area contributed by atoms with Gasteiger partial charge in [-0.2, -0.15) is 24.3 Å². The van der Waals surface area contributed by atoms with Crippen LogP contribution in [0.5, 0.6) is 0 Å². The van der Waals surface area contributed by atoms with Crippen molar-refractivity contribution in [2.24, 2.45) is 0 Å². The summed E-state index contributed by atoms with van der Waals surface area (Å²) >= 11 is 0. The van der Waals surface area contributed by atoms with E-state index < -0.39 is 0 Å². The molecular weight excluding hydrogens is 653 g/mol. The first-order chi connectivity index (χ1) is 17.7. The Morgan fingerprint density at radius 2 is 0.625 bits per heavy atom. The van der Waals surface area contributed by atoms with Gasteiger partial charge in [0.25, 0.3) is 0 Å². The number of allylic oxidation sites excluding steroid dienone is 16. The van der Waals surface area contributed by atoms with Crippen molar-refractivity contribution in [1.82, 2.24) is 0 Å². The van der Waals surface area contributed by atoms with E-state index in [1.807, 2.05) is 0 Å². The first-order valence-electron chi connectivity index (χ1n) is 14.8. The molecule has 0 aromatic carbocycles. The SMILES string of the molecule is CCCCC1=[C-]CC=C1.CCCCC1=[C-]CC=C1.CCCCC1=[C-]CC=C1.CCCCC1=[C-]CC=C1.[F-].[F-].[Zr+2].[Zr+2]. The third kappa shape index (κ3) is 26.4. The van der Waals surface area contributed by atoms with Crippen molar-refractivity contribution in [3.8, 4) is 0 Å². The van der Waals surface area contributed by atoms with Crippen LogP contribution in [0.1, 0.15) is 130 Å². The predicted octanol–water partition coefficient (Wildman–Crippen LogP) is 5.47. The molecule has 0 aromatic rings. The van der Waals surface area contributed by atoms with Crippen LogP contribution in [-0.2, 0) is 52.4 Å². The molecule has 0 fully saturated rings. The zero-order chi connectivity index (χ0) is 26.1. The summed E-state index contributed by atoms with van der Waals surface area (Å²) in [5.41, 5.74) is 5.66. The fourth-order valence-electron chi connectivity index (χ4n) is 3.96. The van der Waals surface area contributed by atoms with E-state index in [0.29, 0.717) is 0 Å². The summed E-state index contributed by atoms with van der Waals surface area (Å²) in [6, 6.07) is 0. The molecule has 0 saturated carbocycles. The molecule has 0 radical (unpaired) electrons. The molecule has 4 aliphatic rings. The van der Waals surface area contributed by atoms with Crippen molar-refractivity contribution in [2.45, 2.75) is 130 Å². The molecule has 0 unspecified atom stereocenters. The molecule has 0 spiro atoms. The van der Waals surface area contributed by atoms with Gasteiger partial charge in [0.15, 0.2) is 0 Å². The summed E-state index contributed by atoms with van der Waals surface area (Å²) in [5, 5.41) is 0. The molecule has 4 rings (SSSR count). The normalized spacial score (nSPS) is 14.7. The van der Waals surface area contributed by atoms with Crippen molar-refractivity contribution in [3.63, 3.8) is 0 Å². The second kappa shape index (κ2) is 34.7. The average molecular weight is 705 g/mol. The van der Waals surface area contributed by atoms with Crippen LogP contribution in [0.3, 0.4) is 0 Å². The molecule has 4 heteroatoms. The fourth-order valence-corrected chi connectivity index (χ4v) is 3.96. The van der Waals surface area contributed by atoms with Gasteiger partial charge in [0.1, 0.15) is 0 Å². The second-order valence-electron chi connectivity index (χ2n) is 9.65. The monoisotopic (exact) mass is 702 g/mol. The van der Waals surface area contributed by atoms with Crippen LogP contribution >= 0.6 is 0 Å². The fraction of sp³-hybridized carbons (Fsp3) is 0.556. The Balaban J connectivity index is -0.000000209. The van der Waals surface area contributed by atoms with Gasteiger partial charge in [0, 0.05) is 0 Å². The average Bonchev–Trinajstić information content (AvgIpc) is 3.74. The van der Waals surface area contributed by atoms with E-state index in [9.17, 15) is 0 Å². The molecule has 0 saturated heterocycles. The molecular formula is C36H52F2Zr2-2. The van der Waals surface area contributed by atoms with Crippen molar-refractivity contribution in [1.29, 1.82) is 0 Å². The number of hydrogen-bond acceptors (Lipinski definition) is 0. The van der Waals surface area contributed by atoms with Gasteiger partial charge < -0.3 is 9.41 Å². The minimum absolute atomic E-state index is 0.